The van der Waals surface area contributed by atoms with E-state index in [-0.39, 0.29) is 0 Å². The van der Waals surface area contributed by atoms with Gasteiger partial charge in [-0.15, -0.1) is 0 Å². The highest BCUT2D eigenvalue weighted by atomic mass is 19.4. The van der Waals surface area contributed by atoms with Crippen LogP contribution in [0, 0.1) is 0 Å². The molecule has 0 aromatic heterocycles. The molecule has 2 nitrogen and oxygen atoms in total. The minimum Gasteiger partial charge on any atom is -0.321 e. The minimum absolute atomic E-state index is 0.513. The first-order chi connectivity index (χ1) is 13.9. The Morgan fingerprint density at radius 2 is 1.32 bits per heavy atom. The Morgan fingerprint density at radius 1 is 0.839 bits per heavy atom. The van der Waals surface area contributed by atoms with E-state index in [2.05, 4.69) is 0 Å². The fraction of sp³-hybridized carbons (Fsp3) is 0.588. The summed E-state index contributed by atoms with van der Waals surface area (Å²) in [6, 6.07) is 4.34. The van der Waals surface area contributed by atoms with Crippen molar-refractivity contribution < 1.29 is 57.5 Å². The molecule has 178 valence electrons. The molecule has 1 rings (SSSR count). The molecule has 0 saturated carbocycles. The highest BCUT2D eigenvalue weighted by molar-refractivity contribution is 5.97. The lowest BCUT2D eigenvalue weighted by atomic mass is 9.94. The van der Waals surface area contributed by atoms with Crippen LogP contribution in [-0.4, -0.2) is 41.9 Å². The first-order valence-electron chi connectivity index (χ1n) is 8.45. The van der Waals surface area contributed by atoms with Crippen molar-refractivity contribution >= 4 is 11.6 Å². The number of carbonyl (C=O) groups is 1. The van der Waals surface area contributed by atoms with Gasteiger partial charge in [-0.1, -0.05) is 25.5 Å². The summed E-state index contributed by atoms with van der Waals surface area (Å²) in [5.74, 6) is -39.9. The molecule has 0 fully saturated rings. The van der Waals surface area contributed by atoms with Crippen molar-refractivity contribution in [3.63, 3.8) is 0 Å². The summed E-state index contributed by atoms with van der Waals surface area (Å²) in [7, 11) is 0. The highest BCUT2D eigenvalue weighted by Gasteiger charge is 2.89. The number of anilines is 1. The Labute approximate surface area is 167 Å². The largest absolute Gasteiger partial charge is 0.393 e. The van der Waals surface area contributed by atoms with Crippen LogP contribution >= 0.6 is 0 Å². The Hall–Kier alpha value is -2.15. The average Bonchev–Trinajstić information content (AvgIpc) is 2.66. The minimum atomic E-state index is -7.75. The topological polar surface area (TPSA) is 29.1 Å². The normalized spacial score (nSPS) is 14.1. The van der Waals surface area contributed by atoms with Crippen LogP contribution in [0.15, 0.2) is 24.3 Å². The van der Waals surface area contributed by atoms with Gasteiger partial charge in [0.2, 0.25) is 0 Å². The second-order valence-electron chi connectivity index (χ2n) is 6.48. The molecule has 1 aromatic carbocycles. The van der Waals surface area contributed by atoms with E-state index < -0.39 is 47.6 Å². The van der Waals surface area contributed by atoms with Gasteiger partial charge in [-0.05, 0) is 30.5 Å². The number of amides is 1. The van der Waals surface area contributed by atoms with E-state index in [1.165, 1.54) is 12.1 Å². The van der Waals surface area contributed by atoms with Crippen LogP contribution < -0.4 is 5.32 Å². The number of unbranched alkanes of at least 4 members (excludes halogenated alkanes) is 1. The van der Waals surface area contributed by atoms with Gasteiger partial charge in [0.1, 0.15) is 0 Å². The van der Waals surface area contributed by atoms with Gasteiger partial charge >= 0.3 is 41.9 Å². The summed E-state index contributed by atoms with van der Waals surface area (Å²) in [5.41, 5.74) is -0.00828. The molecule has 0 unspecified atom stereocenters. The molecule has 0 aliphatic rings. The zero-order chi connectivity index (χ0) is 24.5. The van der Waals surface area contributed by atoms with E-state index in [4.69, 9.17) is 0 Å². The van der Waals surface area contributed by atoms with E-state index in [9.17, 15) is 57.5 Å². The van der Waals surface area contributed by atoms with E-state index >= 15 is 0 Å². The van der Waals surface area contributed by atoms with Gasteiger partial charge in [0.15, 0.2) is 0 Å². The van der Waals surface area contributed by atoms with Crippen LogP contribution in [0.2, 0.25) is 0 Å². The molecular weight excluding hydrogens is 462 g/mol. The molecule has 1 amide bonds. The summed E-state index contributed by atoms with van der Waals surface area (Å²) in [6.45, 7) is 1.85. The average molecular weight is 477 g/mol. The monoisotopic (exact) mass is 477 g/mol. The number of aryl methyl sites for hydroxylation is 1. The number of nitrogens with one attached hydrogen (secondary N) is 1. The maximum absolute atomic E-state index is 13.7. The number of hydrogen-bond acceptors (Lipinski definition) is 1. The number of benzene rings is 1. The van der Waals surface area contributed by atoms with Crippen LogP contribution in [-0.2, 0) is 11.2 Å². The van der Waals surface area contributed by atoms with Gasteiger partial charge in [0.25, 0.3) is 0 Å². The third kappa shape index (κ3) is 4.56. The van der Waals surface area contributed by atoms with E-state index in [0.717, 1.165) is 23.9 Å². The van der Waals surface area contributed by atoms with Crippen molar-refractivity contribution in [2.45, 2.75) is 62.2 Å². The first-order valence-corrected chi connectivity index (χ1v) is 8.45. The Balaban J connectivity index is 3.20. The van der Waals surface area contributed by atoms with Crippen molar-refractivity contribution in [3.8, 4) is 0 Å². The molecule has 1 N–H and O–H groups in total. The summed E-state index contributed by atoms with van der Waals surface area (Å²) in [4.78, 5) is 11.4. The van der Waals surface area contributed by atoms with E-state index in [0.29, 0.717) is 18.4 Å². The second kappa shape index (κ2) is 8.77. The zero-order valence-electron chi connectivity index (χ0n) is 15.5. The van der Waals surface area contributed by atoms with Gasteiger partial charge in [-0.2, -0.15) is 43.9 Å². The first kappa shape index (κ1) is 26.9. The van der Waals surface area contributed by atoms with E-state index in [1.807, 2.05) is 6.92 Å². The standard InChI is InChI=1S/C17H15F12NO/c1-2-3-4-9-5-7-10(8-6-9)30-12(31)14(22,23)16(26,27)17(28,29)15(24,25)13(20,21)11(18)19/h5-8,11H,2-4H2,1H3,(H,30,31). The molecule has 0 heterocycles. The molecular formula is C17H15F12NO. The maximum atomic E-state index is 13.7. The number of carbonyl (C=O) groups excluding carboxylic acids is 1. The lowest BCUT2D eigenvalue weighted by Gasteiger charge is -2.38. The van der Waals surface area contributed by atoms with Crippen LogP contribution in [0.3, 0.4) is 0 Å². The van der Waals surface area contributed by atoms with Gasteiger partial charge in [-0.25, -0.2) is 8.78 Å². The number of halogens is 12. The molecule has 0 atom stereocenters. The smallest absolute Gasteiger partial charge is 0.321 e. The SMILES string of the molecule is CCCCc1ccc(NC(=O)C(F)(F)C(F)(F)C(F)(F)C(F)(F)C(F)(F)C(F)F)cc1. The van der Waals surface area contributed by atoms with Crippen molar-refractivity contribution in [3.05, 3.63) is 29.8 Å². The summed E-state index contributed by atoms with van der Waals surface area (Å²) in [6.07, 6.45) is -3.59. The Kier molecular flexibility index (Phi) is 7.60. The van der Waals surface area contributed by atoms with Crippen LogP contribution in [0.25, 0.3) is 0 Å². The van der Waals surface area contributed by atoms with Gasteiger partial charge in [-0.3, -0.25) is 4.79 Å². The van der Waals surface area contributed by atoms with Crippen LogP contribution in [0.5, 0.6) is 0 Å². The van der Waals surface area contributed by atoms with Gasteiger partial charge < -0.3 is 5.32 Å². The van der Waals surface area contributed by atoms with E-state index in [1.54, 1.807) is 0 Å². The molecule has 0 saturated heterocycles. The number of alkyl halides is 12. The number of rotatable bonds is 10. The predicted octanol–water partition coefficient (Wildman–Crippen LogP) is 6.41. The fourth-order valence-corrected chi connectivity index (χ4v) is 2.23. The predicted molar refractivity (Wildman–Crippen MR) is 84.4 cm³/mol. The lowest BCUT2D eigenvalue weighted by Crippen LogP contribution is -2.70. The third-order valence-corrected chi connectivity index (χ3v) is 4.19. The molecule has 0 spiro atoms. The summed E-state index contributed by atoms with van der Waals surface area (Å²) < 4.78 is 157. The molecule has 14 heteroatoms. The zero-order valence-corrected chi connectivity index (χ0v) is 15.5. The van der Waals surface area contributed by atoms with Gasteiger partial charge in [0.05, 0.1) is 0 Å². The molecule has 31 heavy (non-hydrogen) atoms. The third-order valence-electron chi connectivity index (χ3n) is 4.19. The summed E-state index contributed by atoms with van der Waals surface area (Å²) >= 11 is 0. The van der Waals surface area contributed by atoms with Gasteiger partial charge in [0, 0.05) is 5.69 Å². The van der Waals surface area contributed by atoms with Crippen molar-refractivity contribution in [1.29, 1.82) is 0 Å². The van der Waals surface area contributed by atoms with Crippen molar-refractivity contribution in [2.75, 3.05) is 5.32 Å². The van der Waals surface area contributed by atoms with Crippen LogP contribution in [0.1, 0.15) is 25.3 Å². The molecule has 0 aliphatic heterocycles. The Bertz CT molecular complexity index is 761. The molecule has 0 aliphatic carbocycles. The van der Waals surface area contributed by atoms with Crippen molar-refractivity contribution in [1.82, 2.24) is 0 Å². The fourth-order valence-electron chi connectivity index (χ4n) is 2.23. The molecule has 1 aromatic rings. The number of hydrogen-bond donors (Lipinski definition) is 1. The molecule has 0 radical (unpaired) electrons. The quantitative estimate of drug-likeness (QED) is 0.388. The Morgan fingerprint density at radius 3 is 1.74 bits per heavy atom. The highest BCUT2D eigenvalue weighted by Crippen LogP contribution is 2.58. The maximum Gasteiger partial charge on any atom is 0.393 e. The van der Waals surface area contributed by atoms with Crippen LogP contribution in [0.4, 0.5) is 58.4 Å². The van der Waals surface area contributed by atoms with Crippen molar-refractivity contribution in [2.24, 2.45) is 0 Å². The lowest BCUT2D eigenvalue weighted by molar-refractivity contribution is -0.406. The second-order valence-corrected chi connectivity index (χ2v) is 6.48. The molecule has 0 bridgehead atoms. The summed E-state index contributed by atoms with van der Waals surface area (Å²) in [5, 5.41) is 1.07.